The summed E-state index contributed by atoms with van der Waals surface area (Å²) in [6.07, 6.45) is 2.74. The molecule has 0 unspecified atom stereocenters. The summed E-state index contributed by atoms with van der Waals surface area (Å²) in [5.74, 6) is -0.0114. The third-order valence-electron chi connectivity index (χ3n) is 3.68. The van der Waals surface area contributed by atoms with E-state index in [4.69, 9.17) is 0 Å². The van der Waals surface area contributed by atoms with Gasteiger partial charge in [0, 0.05) is 30.7 Å². The van der Waals surface area contributed by atoms with E-state index >= 15 is 0 Å². The van der Waals surface area contributed by atoms with Crippen molar-refractivity contribution >= 4 is 16.8 Å². The molecule has 3 aromatic rings. The van der Waals surface area contributed by atoms with Gasteiger partial charge >= 0.3 is 0 Å². The van der Waals surface area contributed by atoms with Gasteiger partial charge in [0.15, 0.2) is 0 Å². The van der Waals surface area contributed by atoms with Crippen LogP contribution in [0.4, 0.5) is 0 Å². The SMILES string of the molecule is Cn1cc(C(=O)NCCc2ccccc2)c2ccccc21. The van der Waals surface area contributed by atoms with Gasteiger partial charge in [0.05, 0.1) is 5.56 Å². The van der Waals surface area contributed by atoms with Crippen LogP contribution in [-0.4, -0.2) is 17.0 Å². The minimum Gasteiger partial charge on any atom is -0.352 e. The topological polar surface area (TPSA) is 34.0 Å². The van der Waals surface area contributed by atoms with E-state index in [0.29, 0.717) is 6.54 Å². The normalized spacial score (nSPS) is 10.7. The lowest BCUT2D eigenvalue weighted by atomic mass is 10.1. The van der Waals surface area contributed by atoms with Crippen LogP contribution in [0.3, 0.4) is 0 Å². The van der Waals surface area contributed by atoms with Gasteiger partial charge in [-0.15, -0.1) is 0 Å². The van der Waals surface area contributed by atoms with Gasteiger partial charge in [-0.05, 0) is 18.1 Å². The summed E-state index contributed by atoms with van der Waals surface area (Å²) >= 11 is 0. The van der Waals surface area contributed by atoms with E-state index in [0.717, 1.165) is 22.9 Å². The molecule has 0 saturated carbocycles. The summed E-state index contributed by atoms with van der Waals surface area (Å²) in [6, 6.07) is 18.1. The second kappa shape index (κ2) is 5.83. The van der Waals surface area contributed by atoms with Crippen molar-refractivity contribution in [3.8, 4) is 0 Å². The van der Waals surface area contributed by atoms with Crippen LogP contribution in [0, 0.1) is 0 Å². The van der Waals surface area contributed by atoms with Crippen LogP contribution >= 0.6 is 0 Å². The summed E-state index contributed by atoms with van der Waals surface area (Å²) < 4.78 is 1.99. The van der Waals surface area contributed by atoms with Crippen molar-refractivity contribution in [2.24, 2.45) is 7.05 Å². The molecule has 0 radical (unpaired) electrons. The van der Waals surface area contributed by atoms with Gasteiger partial charge in [0.25, 0.3) is 5.91 Å². The van der Waals surface area contributed by atoms with Gasteiger partial charge in [-0.3, -0.25) is 4.79 Å². The van der Waals surface area contributed by atoms with Gasteiger partial charge < -0.3 is 9.88 Å². The highest BCUT2D eigenvalue weighted by Crippen LogP contribution is 2.19. The van der Waals surface area contributed by atoms with Crippen molar-refractivity contribution in [1.82, 2.24) is 9.88 Å². The van der Waals surface area contributed by atoms with Crippen molar-refractivity contribution in [2.75, 3.05) is 6.54 Å². The number of rotatable bonds is 4. The van der Waals surface area contributed by atoms with Gasteiger partial charge in [0.2, 0.25) is 0 Å². The van der Waals surface area contributed by atoms with Gasteiger partial charge in [0.1, 0.15) is 0 Å². The maximum Gasteiger partial charge on any atom is 0.253 e. The van der Waals surface area contributed by atoms with Crippen LogP contribution < -0.4 is 5.32 Å². The number of nitrogens with one attached hydrogen (secondary N) is 1. The number of amides is 1. The number of fused-ring (bicyclic) bond motifs is 1. The molecule has 0 aliphatic carbocycles. The summed E-state index contributed by atoms with van der Waals surface area (Å²) in [6.45, 7) is 0.645. The Morgan fingerprint density at radius 3 is 2.57 bits per heavy atom. The molecule has 3 rings (SSSR count). The van der Waals surface area contributed by atoms with Crippen LogP contribution in [0.25, 0.3) is 10.9 Å². The Kier molecular flexibility index (Phi) is 3.73. The first-order chi connectivity index (χ1) is 10.3. The zero-order valence-corrected chi connectivity index (χ0v) is 12.0. The molecule has 0 bridgehead atoms. The van der Waals surface area contributed by atoms with E-state index in [1.807, 2.05) is 60.3 Å². The molecule has 2 aromatic carbocycles. The number of carbonyl (C=O) groups excluding carboxylic acids is 1. The largest absolute Gasteiger partial charge is 0.352 e. The number of aromatic nitrogens is 1. The highest BCUT2D eigenvalue weighted by Gasteiger charge is 2.12. The van der Waals surface area contributed by atoms with Gasteiger partial charge in [-0.25, -0.2) is 0 Å². The highest BCUT2D eigenvalue weighted by atomic mass is 16.1. The molecular weight excluding hydrogens is 260 g/mol. The molecule has 0 atom stereocenters. The third kappa shape index (κ3) is 2.82. The van der Waals surface area contributed by atoms with Crippen LogP contribution in [0.1, 0.15) is 15.9 Å². The fourth-order valence-corrected chi connectivity index (χ4v) is 2.58. The lowest BCUT2D eigenvalue weighted by molar-refractivity contribution is 0.0955. The summed E-state index contributed by atoms with van der Waals surface area (Å²) in [4.78, 5) is 12.3. The predicted molar refractivity (Wildman–Crippen MR) is 85.4 cm³/mol. The Morgan fingerprint density at radius 1 is 1.05 bits per heavy atom. The van der Waals surface area contributed by atoms with Crippen LogP contribution in [0.15, 0.2) is 60.8 Å². The van der Waals surface area contributed by atoms with Crippen molar-refractivity contribution in [3.63, 3.8) is 0 Å². The molecule has 0 aliphatic heterocycles. The molecule has 21 heavy (non-hydrogen) atoms. The molecule has 0 saturated heterocycles. The molecule has 0 aliphatic rings. The zero-order chi connectivity index (χ0) is 14.7. The van der Waals surface area contributed by atoms with Crippen molar-refractivity contribution in [3.05, 3.63) is 71.9 Å². The number of hydrogen-bond acceptors (Lipinski definition) is 1. The number of carbonyl (C=O) groups is 1. The van der Waals surface area contributed by atoms with Crippen LogP contribution in [-0.2, 0) is 13.5 Å². The Bertz CT molecular complexity index is 759. The minimum atomic E-state index is -0.0114. The number of aryl methyl sites for hydroxylation is 1. The molecule has 3 nitrogen and oxygen atoms in total. The minimum absolute atomic E-state index is 0.0114. The average molecular weight is 278 g/mol. The second-order valence-corrected chi connectivity index (χ2v) is 5.16. The molecule has 3 heteroatoms. The Labute approximate surface area is 124 Å². The smallest absolute Gasteiger partial charge is 0.253 e. The lowest BCUT2D eigenvalue weighted by Gasteiger charge is -2.04. The van der Waals surface area contributed by atoms with Gasteiger partial charge in [-0.2, -0.15) is 0 Å². The second-order valence-electron chi connectivity index (χ2n) is 5.16. The van der Waals surface area contributed by atoms with Crippen molar-refractivity contribution < 1.29 is 4.79 Å². The fourth-order valence-electron chi connectivity index (χ4n) is 2.58. The standard InChI is InChI=1S/C18H18N2O/c1-20-13-16(15-9-5-6-10-17(15)20)18(21)19-12-11-14-7-3-2-4-8-14/h2-10,13H,11-12H2,1H3,(H,19,21). The van der Waals surface area contributed by atoms with Crippen LogP contribution in [0.5, 0.6) is 0 Å². The first-order valence-corrected chi connectivity index (χ1v) is 7.12. The maximum absolute atomic E-state index is 12.3. The zero-order valence-electron chi connectivity index (χ0n) is 12.0. The van der Waals surface area contributed by atoms with E-state index in [2.05, 4.69) is 17.4 Å². The van der Waals surface area contributed by atoms with Crippen LogP contribution in [0.2, 0.25) is 0 Å². The van der Waals surface area contributed by atoms with E-state index in [1.165, 1.54) is 5.56 Å². The monoisotopic (exact) mass is 278 g/mol. The molecule has 0 spiro atoms. The fraction of sp³-hybridized carbons (Fsp3) is 0.167. The Balaban J connectivity index is 1.70. The summed E-state index contributed by atoms with van der Waals surface area (Å²) in [5, 5.41) is 4.00. The molecule has 1 N–H and O–H groups in total. The number of nitrogens with zero attached hydrogens (tertiary/aromatic N) is 1. The summed E-state index contributed by atoms with van der Waals surface area (Å²) in [7, 11) is 1.96. The van der Waals surface area contributed by atoms with E-state index < -0.39 is 0 Å². The number of benzene rings is 2. The number of hydrogen-bond donors (Lipinski definition) is 1. The molecular formula is C18H18N2O. The van der Waals surface area contributed by atoms with E-state index in [9.17, 15) is 4.79 Å². The summed E-state index contributed by atoms with van der Waals surface area (Å²) in [5.41, 5.74) is 3.04. The highest BCUT2D eigenvalue weighted by molar-refractivity contribution is 6.06. The van der Waals surface area contributed by atoms with E-state index in [-0.39, 0.29) is 5.91 Å². The van der Waals surface area contributed by atoms with Gasteiger partial charge in [-0.1, -0.05) is 48.5 Å². The maximum atomic E-state index is 12.3. The van der Waals surface area contributed by atoms with E-state index in [1.54, 1.807) is 0 Å². The van der Waals surface area contributed by atoms with Crippen molar-refractivity contribution in [2.45, 2.75) is 6.42 Å². The average Bonchev–Trinajstić information content (AvgIpc) is 2.86. The molecule has 1 heterocycles. The molecule has 1 amide bonds. The molecule has 106 valence electrons. The predicted octanol–water partition coefficient (Wildman–Crippen LogP) is 3.15. The Hall–Kier alpha value is -2.55. The lowest BCUT2D eigenvalue weighted by Crippen LogP contribution is -2.25. The first-order valence-electron chi connectivity index (χ1n) is 7.12. The molecule has 1 aromatic heterocycles. The quantitative estimate of drug-likeness (QED) is 0.781. The Morgan fingerprint density at radius 2 is 1.76 bits per heavy atom. The first kappa shape index (κ1) is 13.4. The molecule has 0 fully saturated rings. The third-order valence-corrected chi connectivity index (χ3v) is 3.68. The number of para-hydroxylation sites is 1. The van der Waals surface area contributed by atoms with Crippen molar-refractivity contribution in [1.29, 1.82) is 0 Å².